The second kappa shape index (κ2) is 4.22. The first-order valence-corrected chi connectivity index (χ1v) is 5.04. The molecule has 0 spiro atoms. The number of aromatic nitrogens is 3. The van der Waals surface area contributed by atoms with E-state index >= 15 is 0 Å². The van der Waals surface area contributed by atoms with E-state index in [1.54, 1.807) is 16.8 Å². The lowest BCUT2D eigenvalue weighted by Crippen LogP contribution is -2.03. The van der Waals surface area contributed by atoms with Crippen LogP contribution in [0.2, 0.25) is 0 Å². The van der Waals surface area contributed by atoms with Gasteiger partial charge in [-0.3, -0.25) is 9.67 Å². The molecule has 0 unspecified atom stereocenters. The lowest BCUT2D eigenvalue weighted by molar-refractivity contribution is 0.464. The van der Waals surface area contributed by atoms with Crippen LogP contribution in [0.3, 0.4) is 0 Å². The maximum Gasteiger partial charge on any atom is 0.148 e. The number of aromatic hydroxyl groups is 1. The molecule has 0 fully saturated rings. The summed E-state index contributed by atoms with van der Waals surface area (Å²) in [5, 5.41) is 16.9. The summed E-state index contributed by atoms with van der Waals surface area (Å²) in [4.78, 5) is 4.25. The van der Waals surface area contributed by atoms with E-state index in [9.17, 15) is 5.11 Å². The van der Waals surface area contributed by atoms with Crippen molar-refractivity contribution in [2.45, 2.75) is 13.5 Å². The minimum absolute atomic E-state index is 0.203. The zero-order valence-electron chi connectivity index (χ0n) is 9.31. The van der Waals surface area contributed by atoms with Crippen molar-refractivity contribution in [2.75, 3.05) is 5.32 Å². The Kier molecular flexibility index (Phi) is 2.76. The van der Waals surface area contributed by atoms with Crippen LogP contribution in [-0.2, 0) is 13.6 Å². The molecule has 0 aliphatic carbocycles. The SMILES string of the molecule is Cc1ccc(O)c(CNc2ccn(C)n2)n1. The van der Waals surface area contributed by atoms with E-state index in [1.807, 2.05) is 26.2 Å². The minimum atomic E-state index is 0.203. The standard InChI is InChI=1S/C11H14N4O/c1-8-3-4-10(16)9(13-8)7-12-11-5-6-15(2)14-11/h3-6,16H,7H2,1-2H3,(H,12,14). The fraction of sp³-hybridized carbons (Fsp3) is 0.273. The fourth-order valence-electron chi connectivity index (χ4n) is 1.42. The topological polar surface area (TPSA) is 63.0 Å². The van der Waals surface area contributed by atoms with E-state index in [1.165, 1.54) is 0 Å². The normalized spacial score (nSPS) is 10.4. The van der Waals surface area contributed by atoms with Crippen LogP contribution in [-0.4, -0.2) is 19.9 Å². The molecule has 2 aromatic rings. The van der Waals surface area contributed by atoms with Gasteiger partial charge in [-0.1, -0.05) is 0 Å². The van der Waals surface area contributed by atoms with Crippen molar-refractivity contribution < 1.29 is 5.11 Å². The van der Waals surface area contributed by atoms with Crippen LogP contribution in [0, 0.1) is 6.92 Å². The van der Waals surface area contributed by atoms with E-state index in [0.717, 1.165) is 11.5 Å². The second-order valence-corrected chi connectivity index (χ2v) is 3.65. The Morgan fingerprint density at radius 2 is 2.19 bits per heavy atom. The van der Waals surface area contributed by atoms with Crippen molar-refractivity contribution >= 4 is 5.82 Å². The van der Waals surface area contributed by atoms with Crippen molar-refractivity contribution in [1.82, 2.24) is 14.8 Å². The zero-order valence-corrected chi connectivity index (χ0v) is 9.31. The molecule has 0 aliphatic heterocycles. The summed E-state index contributed by atoms with van der Waals surface area (Å²) in [5.74, 6) is 0.972. The van der Waals surface area contributed by atoms with Gasteiger partial charge in [0.1, 0.15) is 17.3 Å². The Hall–Kier alpha value is -2.04. The highest BCUT2D eigenvalue weighted by molar-refractivity contribution is 5.36. The van der Waals surface area contributed by atoms with Crippen LogP contribution in [0.5, 0.6) is 5.75 Å². The monoisotopic (exact) mass is 218 g/mol. The second-order valence-electron chi connectivity index (χ2n) is 3.65. The van der Waals surface area contributed by atoms with Gasteiger partial charge in [-0.25, -0.2) is 0 Å². The first-order chi connectivity index (χ1) is 7.65. The Labute approximate surface area is 93.8 Å². The summed E-state index contributed by atoms with van der Waals surface area (Å²) in [6, 6.07) is 5.30. The molecule has 0 saturated carbocycles. The highest BCUT2D eigenvalue weighted by atomic mass is 16.3. The molecule has 2 rings (SSSR count). The third kappa shape index (κ3) is 2.31. The number of hydrogen-bond donors (Lipinski definition) is 2. The molecule has 84 valence electrons. The van der Waals surface area contributed by atoms with E-state index in [2.05, 4.69) is 15.4 Å². The quantitative estimate of drug-likeness (QED) is 0.818. The van der Waals surface area contributed by atoms with Gasteiger partial charge >= 0.3 is 0 Å². The molecule has 0 atom stereocenters. The Bertz CT molecular complexity index is 492. The minimum Gasteiger partial charge on any atom is -0.506 e. The molecular formula is C11H14N4O. The van der Waals surface area contributed by atoms with Gasteiger partial charge in [0.2, 0.25) is 0 Å². The largest absolute Gasteiger partial charge is 0.506 e. The highest BCUT2D eigenvalue weighted by Gasteiger charge is 2.03. The van der Waals surface area contributed by atoms with Crippen LogP contribution in [0.15, 0.2) is 24.4 Å². The Balaban J connectivity index is 2.07. The van der Waals surface area contributed by atoms with Crippen LogP contribution in [0.4, 0.5) is 5.82 Å². The average molecular weight is 218 g/mol. The first kappa shape index (κ1) is 10.5. The molecule has 0 bridgehead atoms. The molecule has 0 aromatic carbocycles. The summed E-state index contributed by atoms with van der Waals surface area (Å²) < 4.78 is 1.71. The van der Waals surface area contributed by atoms with E-state index in [-0.39, 0.29) is 5.75 Å². The van der Waals surface area contributed by atoms with Gasteiger partial charge in [0, 0.05) is 25.0 Å². The number of pyridine rings is 1. The summed E-state index contributed by atoms with van der Waals surface area (Å²) in [6.07, 6.45) is 1.85. The van der Waals surface area contributed by atoms with Gasteiger partial charge in [0.15, 0.2) is 0 Å². The van der Waals surface area contributed by atoms with Gasteiger partial charge in [0.25, 0.3) is 0 Å². The van der Waals surface area contributed by atoms with Crippen molar-refractivity contribution in [3.63, 3.8) is 0 Å². The lowest BCUT2D eigenvalue weighted by atomic mass is 10.3. The molecule has 5 heteroatoms. The molecule has 0 saturated heterocycles. The highest BCUT2D eigenvalue weighted by Crippen LogP contribution is 2.15. The molecule has 0 aliphatic rings. The average Bonchev–Trinajstić information content (AvgIpc) is 2.66. The molecule has 2 aromatic heterocycles. The van der Waals surface area contributed by atoms with Crippen LogP contribution in [0.1, 0.15) is 11.4 Å². The molecular weight excluding hydrogens is 204 g/mol. The van der Waals surface area contributed by atoms with Crippen molar-refractivity contribution in [3.05, 3.63) is 35.8 Å². The molecule has 2 heterocycles. The van der Waals surface area contributed by atoms with E-state index < -0.39 is 0 Å². The first-order valence-electron chi connectivity index (χ1n) is 5.04. The smallest absolute Gasteiger partial charge is 0.148 e. The predicted molar refractivity (Wildman–Crippen MR) is 61.2 cm³/mol. The van der Waals surface area contributed by atoms with Crippen molar-refractivity contribution in [1.29, 1.82) is 0 Å². The lowest BCUT2D eigenvalue weighted by Gasteiger charge is -2.05. The maximum atomic E-state index is 9.59. The maximum absolute atomic E-state index is 9.59. The van der Waals surface area contributed by atoms with Gasteiger partial charge in [-0.05, 0) is 19.1 Å². The zero-order chi connectivity index (χ0) is 11.5. The number of nitrogens with zero attached hydrogens (tertiary/aromatic N) is 3. The fourth-order valence-corrected chi connectivity index (χ4v) is 1.42. The van der Waals surface area contributed by atoms with Crippen molar-refractivity contribution in [2.24, 2.45) is 7.05 Å². The van der Waals surface area contributed by atoms with Crippen LogP contribution < -0.4 is 5.32 Å². The van der Waals surface area contributed by atoms with Gasteiger partial charge in [-0.2, -0.15) is 5.10 Å². The molecule has 5 nitrogen and oxygen atoms in total. The van der Waals surface area contributed by atoms with Crippen LogP contribution >= 0.6 is 0 Å². The third-order valence-corrected chi connectivity index (χ3v) is 2.24. The Morgan fingerprint density at radius 1 is 1.38 bits per heavy atom. The number of hydrogen-bond acceptors (Lipinski definition) is 4. The summed E-state index contributed by atoms with van der Waals surface area (Å²) >= 11 is 0. The molecule has 2 N–H and O–H groups in total. The van der Waals surface area contributed by atoms with E-state index in [0.29, 0.717) is 12.2 Å². The van der Waals surface area contributed by atoms with Gasteiger partial charge in [0.05, 0.1) is 6.54 Å². The summed E-state index contributed by atoms with van der Waals surface area (Å²) in [5.41, 5.74) is 1.52. The number of rotatable bonds is 3. The summed E-state index contributed by atoms with van der Waals surface area (Å²) in [6.45, 7) is 2.36. The Morgan fingerprint density at radius 3 is 2.88 bits per heavy atom. The third-order valence-electron chi connectivity index (χ3n) is 2.24. The molecule has 16 heavy (non-hydrogen) atoms. The molecule has 0 amide bonds. The number of nitrogens with one attached hydrogen (secondary N) is 1. The number of aryl methyl sites for hydroxylation is 2. The predicted octanol–water partition coefficient (Wildman–Crippen LogP) is 1.44. The number of anilines is 1. The van der Waals surface area contributed by atoms with Crippen molar-refractivity contribution in [3.8, 4) is 5.75 Å². The van der Waals surface area contributed by atoms with Crippen LogP contribution in [0.25, 0.3) is 0 Å². The van der Waals surface area contributed by atoms with Gasteiger partial charge in [-0.15, -0.1) is 0 Å². The van der Waals surface area contributed by atoms with Gasteiger partial charge < -0.3 is 10.4 Å². The summed E-state index contributed by atoms with van der Waals surface area (Å²) in [7, 11) is 1.85. The van der Waals surface area contributed by atoms with E-state index in [4.69, 9.17) is 0 Å². The molecule has 0 radical (unpaired) electrons.